The quantitative estimate of drug-likeness (QED) is 0.618. The van der Waals surface area contributed by atoms with Gasteiger partial charge in [0, 0.05) is 0 Å². The third kappa shape index (κ3) is 2.90. The molecule has 4 nitrogen and oxygen atoms in total. The van der Waals surface area contributed by atoms with Gasteiger partial charge < -0.3 is 9.47 Å². The predicted molar refractivity (Wildman–Crippen MR) is 97.7 cm³/mol. The molecule has 2 heterocycles. The zero-order valence-corrected chi connectivity index (χ0v) is 14.2. The molecule has 0 unspecified atom stereocenters. The number of benzene rings is 2. The average Bonchev–Trinajstić information content (AvgIpc) is 3.16. The summed E-state index contributed by atoms with van der Waals surface area (Å²) >= 11 is 6.71. The van der Waals surface area contributed by atoms with Gasteiger partial charge in [-0.15, -0.1) is 0 Å². The lowest BCUT2D eigenvalue weighted by Gasteiger charge is -2.14. The van der Waals surface area contributed by atoms with E-state index in [1.54, 1.807) is 4.90 Å². The van der Waals surface area contributed by atoms with Crippen molar-refractivity contribution < 1.29 is 14.3 Å². The Bertz CT molecular complexity index is 849. The third-order valence-electron chi connectivity index (χ3n) is 3.75. The zero-order chi connectivity index (χ0) is 16.5. The molecule has 1 fully saturated rings. The van der Waals surface area contributed by atoms with Crippen molar-refractivity contribution in [2.45, 2.75) is 6.54 Å². The summed E-state index contributed by atoms with van der Waals surface area (Å²) < 4.78 is 11.3. The Morgan fingerprint density at radius 3 is 2.75 bits per heavy atom. The molecule has 0 aliphatic carbocycles. The summed E-state index contributed by atoms with van der Waals surface area (Å²) in [6, 6.07) is 15.4. The second kappa shape index (κ2) is 6.30. The lowest BCUT2D eigenvalue weighted by molar-refractivity contribution is -0.122. The summed E-state index contributed by atoms with van der Waals surface area (Å²) in [5.41, 5.74) is 1.94. The molecule has 0 spiro atoms. The first-order valence-electron chi connectivity index (χ1n) is 7.40. The molecule has 1 amide bonds. The van der Waals surface area contributed by atoms with Crippen molar-refractivity contribution in [3.05, 3.63) is 64.6 Å². The Kier molecular flexibility index (Phi) is 4.00. The number of carbonyl (C=O) groups is 1. The fraction of sp³-hybridized carbons (Fsp3) is 0.111. The molecule has 0 aromatic heterocycles. The number of thiocarbonyl (C=S) groups is 1. The Morgan fingerprint density at radius 1 is 1.12 bits per heavy atom. The SMILES string of the molecule is O=C1C(=Cc2ccccc2)SC(=S)N1Cc1ccc2c(c1)OCO2. The predicted octanol–water partition coefficient (Wildman–Crippen LogP) is 3.82. The summed E-state index contributed by atoms with van der Waals surface area (Å²) in [4.78, 5) is 14.9. The first-order valence-corrected chi connectivity index (χ1v) is 8.62. The molecule has 24 heavy (non-hydrogen) atoms. The monoisotopic (exact) mass is 355 g/mol. The standard InChI is InChI=1S/C18H13NO3S2/c20-17-16(9-12-4-2-1-3-5-12)24-18(23)19(17)10-13-6-7-14-15(8-13)22-11-21-14/h1-9H,10-11H2. The summed E-state index contributed by atoms with van der Waals surface area (Å²) in [7, 11) is 0. The fourth-order valence-corrected chi connectivity index (χ4v) is 3.81. The van der Waals surface area contributed by atoms with Gasteiger partial charge in [-0.1, -0.05) is 60.4 Å². The summed E-state index contributed by atoms with van der Waals surface area (Å²) in [6.07, 6.45) is 1.87. The zero-order valence-electron chi connectivity index (χ0n) is 12.6. The van der Waals surface area contributed by atoms with Gasteiger partial charge in [0.25, 0.3) is 5.91 Å². The van der Waals surface area contributed by atoms with Gasteiger partial charge in [0.2, 0.25) is 6.79 Å². The highest BCUT2D eigenvalue weighted by Crippen LogP contribution is 2.36. The Labute approximate surface area is 149 Å². The van der Waals surface area contributed by atoms with Crippen molar-refractivity contribution >= 4 is 40.3 Å². The van der Waals surface area contributed by atoms with Gasteiger partial charge in [-0.3, -0.25) is 9.69 Å². The van der Waals surface area contributed by atoms with Crippen LogP contribution in [0.3, 0.4) is 0 Å². The minimum atomic E-state index is -0.0634. The van der Waals surface area contributed by atoms with Crippen LogP contribution in [0.25, 0.3) is 6.08 Å². The normalized spacial score (nSPS) is 17.8. The van der Waals surface area contributed by atoms with Crippen molar-refractivity contribution in [3.8, 4) is 11.5 Å². The molecule has 6 heteroatoms. The molecule has 4 rings (SSSR count). The van der Waals surface area contributed by atoms with Crippen LogP contribution in [0, 0.1) is 0 Å². The second-order valence-electron chi connectivity index (χ2n) is 5.37. The van der Waals surface area contributed by atoms with Gasteiger partial charge in [-0.2, -0.15) is 0 Å². The molecule has 0 bridgehead atoms. The van der Waals surface area contributed by atoms with Gasteiger partial charge in [0.05, 0.1) is 11.4 Å². The minimum Gasteiger partial charge on any atom is -0.454 e. The lowest BCUT2D eigenvalue weighted by atomic mass is 10.2. The number of hydrogen-bond donors (Lipinski definition) is 0. The van der Waals surface area contributed by atoms with Crippen LogP contribution in [0.4, 0.5) is 0 Å². The van der Waals surface area contributed by atoms with Crippen molar-refractivity contribution in [2.24, 2.45) is 0 Å². The van der Waals surface area contributed by atoms with Gasteiger partial charge in [0.1, 0.15) is 4.32 Å². The molecule has 0 atom stereocenters. The van der Waals surface area contributed by atoms with E-state index >= 15 is 0 Å². The first-order chi connectivity index (χ1) is 11.7. The van der Waals surface area contributed by atoms with Gasteiger partial charge in [-0.25, -0.2) is 0 Å². The molecule has 2 aromatic rings. The molecular formula is C18H13NO3S2. The van der Waals surface area contributed by atoms with Crippen molar-refractivity contribution in [1.29, 1.82) is 0 Å². The Morgan fingerprint density at radius 2 is 1.92 bits per heavy atom. The summed E-state index contributed by atoms with van der Waals surface area (Å²) in [5.74, 6) is 1.37. The molecule has 0 saturated carbocycles. The van der Waals surface area contributed by atoms with E-state index in [9.17, 15) is 4.79 Å². The lowest BCUT2D eigenvalue weighted by Crippen LogP contribution is -2.27. The highest BCUT2D eigenvalue weighted by molar-refractivity contribution is 8.26. The van der Waals surface area contributed by atoms with E-state index in [0.717, 1.165) is 16.9 Å². The van der Waals surface area contributed by atoms with Crippen LogP contribution in [0.5, 0.6) is 11.5 Å². The van der Waals surface area contributed by atoms with Crippen LogP contribution in [0.15, 0.2) is 53.4 Å². The number of carbonyl (C=O) groups excluding carboxylic acids is 1. The van der Waals surface area contributed by atoms with Crippen LogP contribution < -0.4 is 9.47 Å². The van der Waals surface area contributed by atoms with E-state index in [2.05, 4.69) is 0 Å². The first kappa shape index (κ1) is 15.2. The van der Waals surface area contributed by atoms with Crippen molar-refractivity contribution in [3.63, 3.8) is 0 Å². The smallest absolute Gasteiger partial charge is 0.266 e. The van der Waals surface area contributed by atoms with Gasteiger partial charge in [0.15, 0.2) is 11.5 Å². The van der Waals surface area contributed by atoms with Crippen molar-refractivity contribution in [1.82, 2.24) is 4.90 Å². The number of hydrogen-bond acceptors (Lipinski definition) is 5. The minimum absolute atomic E-state index is 0.0634. The number of nitrogens with zero attached hydrogens (tertiary/aromatic N) is 1. The molecule has 2 aromatic carbocycles. The van der Waals surface area contributed by atoms with Crippen LogP contribution >= 0.6 is 24.0 Å². The highest BCUT2D eigenvalue weighted by atomic mass is 32.2. The van der Waals surface area contributed by atoms with Gasteiger partial charge in [-0.05, 0) is 29.3 Å². The molecule has 0 radical (unpaired) electrons. The van der Waals surface area contributed by atoms with E-state index in [4.69, 9.17) is 21.7 Å². The Balaban J connectivity index is 1.55. The molecule has 2 aliphatic rings. The van der Waals surface area contributed by atoms with E-state index in [1.807, 2.05) is 54.6 Å². The largest absolute Gasteiger partial charge is 0.454 e. The van der Waals surface area contributed by atoms with Gasteiger partial charge >= 0.3 is 0 Å². The van der Waals surface area contributed by atoms with E-state index < -0.39 is 0 Å². The van der Waals surface area contributed by atoms with E-state index in [1.165, 1.54) is 11.8 Å². The summed E-state index contributed by atoms with van der Waals surface area (Å²) in [5, 5.41) is 0. The second-order valence-corrected chi connectivity index (χ2v) is 7.04. The molecule has 0 N–H and O–H groups in total. The van der Waals surface area contributed by atoms with Crippen LogP contribution in [0.2, 0.25) is 0 Å². The average molecular weight is 355 g/mol. The molecule has 2 aliphatic heterocycles. The van der Waals surface area contributed by atoms with E-state index in [-0.39, 0.29) is 12.7 Å². The third-order valence-corrected chi connectivity index (χ3v) is 5.13. The fourth-order valence-electron chi connectivity index (χ4n) is 2.56. The molecule has 1 saturated heterocycles. The van der Waals surface area contributed by atoms with Crippen LogP contribution in [-0.2, 0) is 11.3 Å². The summed E-state index contributed by atoms with van der Waals surface area (Å²) in [6.45, 7) is 0.660. The maximum atomic E-state index is 12.7. The number of ether oxygens (including phenoxy) is 2. The van der Waals surface area contributed by atoms with Crippen molar-refractivity contribution in [2.75, 3.05) is 6.79 Å². The topological polar surface area (TPSA) is 38.8 Å². The number of fused-ring (bicyclic) bond motifs is 1. The number of amides is 1. The maximum Gasteiger partial charge on any atom is 0.266 e. The maximum absolute atomic E-state index is 12.7. The van der Waals surface area contributed by atoms with Crippen LogP contribution in [-0.4, -0.2) is 21.9 Å². The molecular weight excluding hydrogens is 342 g/mol. The molecule has 120 valence electrons. The Hall–Kier alpha value is -2.31. The van der Waals surface area contributed by atoms with Crippen LogP contribution in [0.1, 0.15) is 11.1 Å². The highest BCUT2D eigenvalue weighted by Gasteiger charge is 2.32. The number of rotatable bonds is 3. The number of thioether (sulfide) groups is 1. The van der Waals surface area contributed by atoms with E-state index in [0.29, 0.717) is 21.5 Å².